The maximum Gasteiger partial charge on any atom is 0.450 e. The maximum absolute atomic E-state index is 9.86. The molecule has 57 valence electrons. The van der Waals surface area contributed by atoms with Crippen LogP contribution in [0.4, 0.5) is 4.79 Å². The predicted octanol–water partition coefficient (Wildman–Crippen LogP) is 1.32. The molecule has 0 saturated heterocycles. The number of amides is 1. The van der Waals surface area contributed by atoms with Crippen LogP contribution >= 0.6 is 0 Å². The van der Waals surface area contributed by atoms with Gasteiger partial charge in [-0.3, -0.25) is 0 Å². The minimum atomic E-state index is -1.15. The summed E-state index contributed by atoms with van der Waals surface area (Å²) in [6.45, 7) is 0.562. The Labute approximate surface area is 60.4 Å². The maximum atomic E-state index is 9.86. The number of rotatable bonds is 3. The molecule has 3 heteroatoms. The molecule has 0 aromatic heterocycles. The second-order valence-electron chi connectivity index (χ2n) is 2.80. The van der Waals surface area contributed by atoms with Crippen LogP contribution in [0.25, 0.3) is 0 Å². The van der Waals surface area contributed by atoms with Crippen molar-refractivity contribution >= 4 is 6.09 Å². The highest BCUT2D eigenvalue weighted by Gasteiger charge is 2.16. The van der Waals surface area contributed by atoms with Gasteiger partial charge in [0.05, 0.1) is 0 Å². The molecule has 0 aromatic carbocycles. The highest BCUT2D eigenvalue weighted by atomic mass is 16.4. The second-order valence-corrected chi connectivity index (χ2v) is 2.80. The van der Waals surface area contributed by atoms with Crippen molar-refractivity contribution in [2.75, 3.05) is 6.54 Å². The molecule has 3 nitrogen and oxygen atoms in total. The molecular formula is C7H12NO2. The number of nitrogens with one attached hydrogen (secondary N) is 1. The van der Waals surface area contributed by atoms with Crippen LogP contribution in [0.2, 0.25) is 0 Å². The minimum Gasteiger partial charge on any atom is -0.318 e. The Kier molecular flexibility index (Phi) is 2.54. The fourth-order valence-corrected chi connectivity index (χ4v) is 1.16. The summed E-state index contributed by atoms with van der Waals surface area (Å²) in [5.74, 6) is 0.770. The normalized spacial score (nSPS) is 18.0. The first kappa shape index (κ1) is 7.38. The fraction of sp³-hybridized carbons (Fsp3) is 0.857. The van der Waals surface area contributed by atoms with E-state index >= 15 is 0 Å². The smallest absolute Gasteiger partial charge is 0.318 e. The first-order valence-corrected chi connectivity index (χ1v) is 3.74. The zero-order valence-corrected chi connectivity index (χ0v) is 5.93. The third kappa shape index (κ3) is 2.25. The monoisotopic (exact) mass is 142 g/mol. The van der Waals surface area contributed by atoms with Gasteiger partial charge < -0.3 is 5.32 Å². The van der Waals surface area contributed by atoms with Crippen molar-refractivity contribution in [2.24, 2.45) is 5.92 Å². The molecule has 0 heterocycles. The summed E-state index contributed by atoms with van der Waals surface area (Å²) in [5.41, 5.74) is 0. The number of hydrogen-bond donors (Lipinski definition) is 1. The Hall–Kier alpha value is -0.730. The molecule has 0 atom stereocenters. The van der Waals surface area contributed by atoms with E-state index in [-0.39, 0.29) is 0 Å². The standard InChI is InChI=1S/C7H12NO2/c9-7(10)8-5-4-6-2-1-3-6/h6,8H,1-5H2. The van der Waals surface area contributed by atoms with Crippen molar-refractivity contribution < 1.29 is 9.90 Å². The van der Waals surface area contributed by atoms with Crippen LogP contribution in [0, 0.1) is 5.92 Å². The van der Waals surface area contributed by atoms with E-state index in [1.807, 2.05) is 0 Å². The predicted molar refractivity (Wildman–Crippen MR) is 36.0 cm³/mol. The summed E-state index contributed by atoms with van der Waals surface area (Å²) in [7, 11) is 0. The lowest BCUT2D eigenvalue weighted by molar-refractivity contribution is 0.166. The van der Waals surface area contributed by atoms with E-state index in [1.165, 1.54) is 19.3 Å². The van der Waals surface area contributed by atoms with Crippen molar-refractivity contribution in [3.05, 3.63) is 0 Å². The molecule has 1 rings (SSSR count). The Bertz CT molecular complexity index is 121. The second kappa shape index (κ2) is 3.44. The number of carbonyl (C=O) groups excluding carboxylic acids is 1. The van der Waals surface area contributed by atoms with Crippen LogP contribution in [0.3, 0.4) is 0 Å². The lowest BCUT2D eigenvalue weighted by atomic mass is 9.83. The van der Waals surface area contributed by atoms with Gasteiger partial charge in [-0.05, 0) is 12.3 Å². The molecule has 1 amide bonds. The van der Waals surface area contributed by atoms with Crippen LogP contribution in [0.15, 0.2) is 0 Å². The van der Waals surface area contributed by atoms with Gasteiger partial charge in [-0.25, -0.2) is 9.90 Å². The quantitative estimate of drug-likeness (QED) is 0.634. The summed E-state index contributed by atoms with van der Waals surface area (Å²) >= 11 is 0. The molecule has 1 aliphatic rings. The lowest BCUT2D eigenvalue weighted by Crippen LogP contribution is -2.24. The number of carbonyl (C=O) groups is 1. The highest BCUT2D eigenvalue weighted by Crippen LogP contribution is 2.28. The SMILES string of the molecule is [O]C(=O)NCCC1CCC1. The van der Waals surface area contributed by atoms with E-state index < -0.39 is 6.09 Å². The molecule has 1 radical (unpaired) electrons. The van der Waals surface area contributed by atoms with Gasteiger partial charge in [0.2, 0.25) is 0 Å². The van der Waals surface area contributed by atoms with Gasteiger partial charge in [-0.1, -0.05) is 19.3 Å². The van der Waals surface area contributed by atoms with Crippen molar-refractivity contribution in [3.63, 3.8) is 0 Å². The van der Waals surface area contributed by atoms with Gasteiger partial charge in [0.25, 0.3) is 0 Å². The Balaban J connectivity index is 1.89. The summed E-state index contributed by atoms with van der Waals surface area (Å²) in [6, 6.07) is 0. The van der Waals surface area contributed by atoms with Gasteiger partial charge >= 0.3 is 6.09 Å². The van der Waals surface area contributed by atoms with Crippen LogP contribution in [0.1, 0.15) is 25.7 Å². The molecular weight excluding hydrogens is 130 g/mol. The van der Waals surface area contributed by atoms with Gasteiger partial charge in [0.15, 0.2) is 0 Å². The Morgan fingerprint density at radius 3 is 2.60 bits per heavy atom. The number of hydrogen-bond acceptors (Lipinski definition) is 1. The first-order valence-electron chi connectivity index (χ1n) is 3.74. The van der Waals surface area contributed by atoms with Crippen LogP contribution in [-0.2, 0) is 5.11 Å². The molecule has 1 saturated carbocycles. The van der Waals surface area contributed by atoms with Crippen LogP contribution in [0.5, 0.6) is 0 Å². The van der Waals surface area contributed by atoms with E-state index in [9.17, 15) is 9.90 Å². The average Bonchev–Trinajstić information content (AvgIpc) is 1.75. The van der Waals surface area contributed by atoms with Crippen molar-refractivity contribution in [2.45, 2.75) is 25.7 Å². The summed E-state index contributed by atoms with van der Waals surface area (Å²) in [4.78, 5) is 9.86. The molecule has 0 unspecified atom stereocenters. The molecule has 0 aromatic rings. The van der Waals surface area contributed by atoms with Crippen molar-refractivity contribution in [1.82, 2.24) is 5.32 Å². The Morgan fingerprint density at radius 1 is 1.50 bits per heavy atom. The third-order valence-electron chi connectivity index (χ3n) is 2.05. The summed E-state index contributed by atoms with van der Waals surface area (Å²) in [6.07, 6.45) is 3.69. The molecule has 1 aliphatic carbocycles. The minimum absolute atomic E-state index is 0.562. The average molecular weight is 142 g/mol. The lowest BCUT2D eigenvalue weighted by Gasteiger charge is -2.24. The third-order valence-corrected chi connectivity index (χ3v) is 2.05. The van der Waals surface area contributed by atoms with Gasteiger partial charge in [-0.15, -0.1) is 0 Å². The zero-order chi connectivity index (χ0) is 7.40. The van der Waals surface area contributed by atoms with E-state index in [0.29, 0.717) is 6.54 Å². The van der Waals surface area contributed by atoms with Gasteiger partial charge in [-0.2, -0.15) is 0 Å². The van der Waals surface area contributed by atoms with Gasteiger partial charge in [0.1, 0.15) is 0 Å². The fourth-order valence-electron chi connectivity index (χ4n) is 1.16. The largest absolute Gasteiger partial charge is 0.450 e. The molecule has 1 fully saturated rings. The van der Waals surface area contributed by atoms with E-state index in [0.717, 1.165) is 12.3 Å². The van der Waals surface area contributed by atoms with Crippen molar-refractivity contribution in [1.29, 1.82) is 0 Å². The Morgan fingerprint density at radius 2 is 2.20 bits per heavy atom. The van der Waals surface area contributed by atoms with Gasteiger partial charge in [0, 0.05) is 6.54 Å². The van der Waals surface area contributed by atoms with Crippen LogP contribution < -0.4 is 5.32 Å². The van der Waals surface area contributed by atoms with Crippen LogP contribution in [-0.4, -0.2) is 12.6 Å². The summed E-state index contributed by atoms with van der Waals surface area (Å²) < 4.78 is 0. The summed E-state index contributed by atoms with van der Waals surface area (Å²) in [5, 5.41) is 12.1. The van der Waals surface area contributed by atoms with E-state index in [2.05, 4.69) is 5.32 Å². The molecule has 0 spiro atoms. The topological polar surface area (TPSA) is 49.0 Å². The molecule has 0 bridgehead atoms. The van der Waals surface area contributed by atoms with E-state index in [1.54, 1.807) is 0 Å². The van der Waals surface area contributed by atoms with E-state index in [4.69, 9.17) is 0 Å². The zero-order valence-electron chi connectivity index (χ0n) is 5.93. The molecule has 1 N–H and O–H groups in total. The first-order chi connectivity index (χ1) is 4.79. The molecule has 0 aliphatic heterocycles. The van der Waals surface area contributed by atoms with Crippen molar-refractivity contribution in [3.8, 4) is 0 Å². The highest BCUT2D eigenvalue weighted by molar-refractivity contribution is 5.63. The molecule has 10 heavy (non-hydrogen) atoms.